The van der Waals surface area contributed by atoms with Crippen LogP contribution in [0.3, 0.4) is 0 Å². The van der Waals surface area contributed by atoms with Crippen LogP contribution in [0.2, 0.25) is 0 Å². The van der Waals surface area contributed by atoms with E-state index in [9.17, 15) is 0 Å². The standard InChI is InChI=1S/C13H23N/c1-10(2)12-4-6-13(7-5-12)8-9-14-11(13)3/h10,12,14H,3-9H2,1-2H3. The summed E-state index contributed by atoms with van der Waals surface area (Å²) in [7, 11) is 0. The van der Waals surface area contributed by atoms with Crippen molar-refractivity contribution >= 4 is 0 Å². The predicted molar refractivity (Wildman–Crippen MR) is 61.0 cm³/mol. The molecule has 1 aliphatic carbocycles. The molecule has 2 rings (SSSR count). The van der Waals surface area contributed by atoms with Crippen LogP contribution in [0.5, 0.6) is 0 Å². The summed E-state index contributed by atoms with van der Waals surface area (Å²) in [5.41, 5.74) is 1.82. The average molecular weight is 193 g/mol. The summed E-state index contributed by atoms with van der Waals surface area (Å²) < 4.78 is 0. The van der Waals surface area contributed by atoms with E-state index in [4.69, 9.17) is 0 Å². The maximum absolute atomic E-state index is 4.19. The highest BCUT2D eigenvalue weighted by molar-refractivity contribution is 5.15. The lowest BCUT2D eigenvalue weighted by Gasteiger charge is -2.38. The molecule has 1 saturated carbocycles. The predicted octanol–water partition coefficient (Wildman–Crippen LogP) is 3.33. The van der Waals surface area contributed by atoms with Crippen LogP contribution in [0.25, 0.3) is 0 Å². The summed E-state index contributed by atoms with van der Waals surface area (Å²) in [4.78, 5) is 0. The van der Waals surface area contributed by atoms with Crippen LogP contribution in [0.15, 0.2) is 12.3 Å². The first-order chi connectivity index (χ1) is 6.64. The summed E-state index contributed by atoms with van der Waals surface area (Å²) >= 11 is 0. The lowest BCUT2D eigenvalue weighted by molar-refractivity contribution is 0.165. The SMILES string of the molecule is C=C1NCCC12CCC(C(C)C)CC2. The Morgan fingerprint density at radius 3 is 2.36 bits per heavy atom. The Balaban J connectivity index is 1.98. The fourth-order valence-corrected chi connectivity index (χ4v) is 3.20. The molecule has 1 nitrogen and oxygen atoms in total. The first kappa shape index (κ1) is 10.1. The number of hydrogen-bond donors (Lipinski definition) is 1. The van der Waals surface area contributed by atoms with Gasteiger partial charge in [-0.2, -0.15) is 0 Å². The third-order valence-corrected chi connectivity index (χ3v) is 4.51. The summed E-state index contributed by atoms with van der Waals surface area (Å²) in [6.07, 6.45) is 6.91. The molecule has 0 aromatic heterocycles. The van der Waals surface area contributed by atoms with Crippen LogP contribution >= 0.6 is 0 Å². The van der Waals surface area contributed by atoms with Crippen molar-refractivity contribution in [1.29, 1.82) is 0 Å². The highest BCUT2D eigenvalue weighted by Crippen LogP contribution is 2.49. The third kappa shape index (κ3) is 1.57. The second kappa shape index (κ2) is 3.60. The summed E-state index contributed by atoms with van der Waals surface area (Å²) in [5, 5.41) is 3.43. The molecule has 0 amide bonds. The molecule has 1 heterocycles. The number of allylic oxidation sites excluding steroid dienone is 1. The van der Waals surface area contributed by atoms with Gasteiger partial charge in [-0.05, 0) is 43.9 Å². The Hall–Kier alpha value is -0.460. The van der Waals surface area contributed by atoms with Crippen LogP contribution in [-0.4, -0.2) is 6.54 Å². The summed E-state index contributed by atoms with van der Waals surface area (Å²) in [6, 6.07) is 0. The molecule has 1 N–H and O–H groups in total. The van der Waals surface area contributed by atoms with E-state index < -0.39 is 0 Å². The second-order valence-electron chi connectivity index (χ2n) is 5.52. The van der Waals surface area contributed by atoms with Gasteiger partial charge in [-0.15, -0.1) is 0 Å². The van der Waals surface area contributed by atoms with E-state index in [0.717, 1.165) is 18.4 Å². The molecule has 14 heavy (non-hydrogen) atoms. The molecule has 1 aliphatic heterocycles. The van der Waals surface area contributed by atoms with E-state index in [1.54, 1.807) is 0 Å². The van der Waals surface area contributed by atoms with Crippen molar-refractivity contribution in [2.45, 2.75) is 46.0 Å². The fraction of sp³-hybridized carbons (Fsp3) is 0.846. The average Bonchev–Trinajstić information content (AvgIpc) is 2.49. The Bertz CT molecular complexity index is 221. The third-order valence-electron chi connectivity index (χ3n) is 4.51. The second-order valence-corrected chi connectivity index (χ2v) is 5.52. The monoisotopic (exact) mass is 193 g/mol. The first-order valence-corrected chi connectivity index (χ1v) is 6.07. The van der Waals surface area contributed by atoms with Crippen LogP contribution in [0.4, 0.5) is 0 Å². The summed E-state index contributed by atoms with van der Waals surface area (Å²) in [6.45, 7) is 10.1. The molecule has 0 atom stereocenters. The molecule has 0 radical (unpaired) electrons. The van der Waals surface area contributed by atoms with E-state index in [1.165, 1.54) is 37.8 Å². The first-order valence-electron chi connectivity index (χ1n) is 6.07. The number of rotatable bonds is 1. The lowest BCUT2D eigenvalue weighted by atomic mass is 9.66. The van der Waals surface area contributed by atoms with E-state index in [0.29, 0.717) is 5.41 Å². The Morgan fingerprint density at radius 1 is 1.29 bits per heavy atom. The molecular formula is C13H23N. The Kier molecular flexibility index (Phi) is 2.59. The van der Waals surface area contributed by atoms with Gasteiger partial charge in [-0.1, -0.05) is 20.4 Å². The van der Waals surface area contributed by atoms with Gasteiger partial charge in [0.2, 0.25) is 0 Å². The van der Waals surface area contributed by atoms with Crippen LogP contribution in [-0.2, 0) is 0 Å². The number of nitrogens with one attached hydrogen (secondary N) is 1. The van der Waals surface area contributed by atoms with Crippen molar-refractivity contribution in [2.75, 3.05) is 6.54 Å². The van der Waals surface area contributed by atoms with Gasteiger partial charge < -0.3 is 5.32 Å². The van der Waals surface area contributed by atoms with Crippen molar-refractivity contribution in [3.63, 3.8) is 0 Å². The van der Waals surface area contributed by atoms with Gasteiger partial charge in [-0.3, -0.25) is 0 Å². The molecule has 2 aliphatic rings. The van der Waals surface area contributed by atoms with Crippen molar-refractivity contribution < 1.29 is 0 Å². The van der Waals surface area contributed by atoms with Gasteiger partial charge in [0.25, 0.3) is 0 Å². The zero-order chi connectivity index (χ0) is 10.2. The molecule has 2 fully saturated rings. The normalized spacial score (nSPS) is 37.9. The van der Waals surface area contributed by atoms with Gasteiger partial charge in [0.1, 0.15) is 0 Å². The van der Waals surface area contributed by atoms with Crippen LogP contribution in [0.1, 0.15) is 46.0 Å². The van der Waals surface area contributed by atoms with Crippen molar-refractivity contribution in [3.8, 4) is 0 Å². The van der Waals surface area contributed by atoms with Gasteiger partial charge >= 0.3 is 0 Å². The van der Waals surface area contributed by atoms with E-state index >= 15 is 0 Å². The van der Waals surface area contributed by atoms with Gasteiger partial charge in [0, 0.05) is 17.7 Å². The zero-order valence-electron chi connectivity index (χ0n) is 9.60. The largest absolute Gasteiger partial charge is 0.388 e. The molecule has 0 bridgehead atoms. The van der Waals surface area contributed by atoms with Crippen molar-refractivity contribution in [2.24, 2.45) is 17.3 Å². The minimum Gasteiger partial charge on any atom is -0.388 e. The van der Waals surface area contributed by atoms with Gasteiger partial charge in [0.15, 0.2) is 0 Å². The maximum atomic E-state index is 4.19. The minimum atomic E-state index is 0.491. The smallest absolute Gasteiger partial charge is 0.0153 e. The zero-order valence-corrected chi connectivity index (χ0v) is 9.60. The van der Waals surface area contributed by atoms with Gasteiger partial charge in [0.05, 0.1) is 0 Å². The highest BCUT2D eigenvalue weighted by atomic mass is 14.9. The van der Waals surface area contributed by atoms with Crippen LogP contribution < -0.4 is 5.32 Å². The molecular weight excluding hydrogens is 170 g/mol. The topological polar surface area (TPSA) is 12.0 Å². The van der Waals surface area contributed by atoms with Crippen molar-refractivity contribution in [1.82, 2.24) is 5.32 Å². The van der Waals surface area contributed by atoms with E-state index in [-0.39, 0.29) is 0 Å². The number of hydrogen-bond acceptors (Lipinski definition) is 1. The summed E-state index contributed by atoms with van der Waals surface area (Å²) in [5.74, 6) is 1.84. The molecule has 0 aromatic carbocycles. The Morgan fingerprint density at radius 2 is 1.93 bits per heavy atom. The molecule has 1 spiro atoms. The quantitative estimate of drug-likeness (QED) is 0.673. The lowest BCUT2D eigenvalue weighted by Crippen LogP contribution is -2.29. The molecule has 0 aromatic rings. The highest BCUT2D eigenvalue weighted by Gasteiger charge is 2.40. The minimum absolute atomic E-state index is 0.491. The fourth-order valence-electron chi connectivity index (χ4n) is 3.20. The molecule has 0 unspecified atom stereocenters. The van der Waals surface area contributed by atoms with E-state index in [1.807, 2.05) is 0 Å². The maximum Gasteiger partial charge on any atom is 0.0153 e. The van der Waals surface area contributed by atoms with Gasteiger partial charge in [-0.25, -0.2) is 0 Å². The molecule has 1 saturated heterocycles. The van der Waals surface area contributed by atoms with E-state index in [2.05, 4.69) is 25.7 Å². The van der Waals surface area contributed by atoms with Crippen LogP contribution in [0, 0.1) is 17.3 Å². The molecule has 1 heteroatoms. The molecule has 80 valence electrons. The van der Waals surface area contributed by atoms with Crippen molar-refractivity contribution in [3.05, 3.63) is 12.3 Å². The Labute approximate surface area is 88.0 Å².